The highest BCUT2D eigenvalue weighted by molar-refractivity contribution is 6.04. The van der Waals surface area contributed by atoms with Gasteiger partial charge in [-0.25, -0.2) is 9.48 Å². The molecule has 3 aromatic rings. The second-order valence-electron chi connectivity index (χ2n) is 8.99. The fourth-order valence-corrected chi connectivity index (χ4v) is 4.81. The molecule has 0 aliphatic carbocycles. The van der Waals surface area contributed by atoms with E-state index in [0.29, 0.717) is 54.4 Å². The Hall–Kier alpha value is -4.06. The van der Waals surface area contributed by atoms with Crippen LogP contribution in [0.1, 0.15) is 29.6 Å². The van der Waals surface area contributed by atoms with Crippen molar-refractivity contribution in [3.63, 3.8) is 0 Å². The molecular formula is C25H24F3N5O4. The number of halogens is 3. The number of piperidine rings is 1. The summed E-state index contributed by atoms with van der Waals surface area (Å²) in [6.07, 6.45) is -3.69. The number of primary amides is 1. The van der Waals surface area contributed by atoms with Gasteiger partial charge in [-0.3, -0.25) is 4.79 Å². The monoisotopic (exact) mass is 515 g/mol. The van der Waals surface area contributed by atoms with Crippen LogP contribution in [-0.2, 0) is 15.2 Å². The number of carbonyl (C=O) groups is 2. The van der Waals surface area contributed by atoms with E-state index in [2.05, 4.69) is 10.2 Å². The van der Waals surface area contributed by atoms with Crippen molar-refractivity contribution in [3.8, 4) is 22.8 Å². The van der Waals surface area contributed by atoms with E-state index in [9.17, 15) is 22.8 Å². The van der Waals surface area contributed by atoms with Crippen molar-refractivity contribution in [3.05, 3.63) is 60.2 Å². The maximum Gasteiger partial charge on any atom is 0.492 e. The van der Waals surface area contributed by atoms with Crippen LogP contribution in [0.3, 0.4) is 0 Å². The molecule has 1 fully saturated rings. The van der Waals surface area contributed by atoms with Gasteiger partial charge >= 0.3 is 12.1 Å². The highest BCUT2D eigenvalue weighted by Crippen LogP contribution is 2.42. The number of fused-ring (bicyclic) bond motifs is 2. The molecule has 2 aromatic carbocycles. The molecule has 0 atom stereocenters. The van der Waals surface area contributed by atoms with Crippen LogP contribution in [0.25, 0.3) is 11.3 Å². The fourth-order valence-electron chi connectivity index (χ4n) is 4.81. The Bertz CT molecular complexity index is 1300. The van der Waals surface area contributed by atoms with E-state index in [1.807, 2.05) is 30.3 Å². The van der Waals surface area contributed by atoms with Crippen molar-refractivity contribution in [2.75, 3.05) is 25.0 Å². The summed E-state index contributed by atoms with van der Waals surface area (Å²) in [5.74, 6) is -1.13. The number of aromatic nitrogens is 2. The molecule has 3 N–H and O–H groups in total. The SMILES string of the molecule is NC(=O)c1c(-c2ccc(Oc3ccccc3)cc2)nn2c1NCCC21CCN(OC(=O)C(F)(F)F)CC1. The van der Waals surface area contributed by atoms with Gasteiger partial charge in [-0.1, -0.05) is 18.2 Å². The van der Waals surface area contributed by atoms with Gasteiger partial charge in [0.1, 0.15) is 28.6 Å². The lowest BCUT2D eigenvalue weighted by molar-refractivity contribution is -0.244. The van der Waals surface area contributed by atoms with Gasteiger partial charge in [-0.2, -0.15) is 18.3 Å². The zero-order valence-electron chi connectivity index (χ0n) is 19.6. The Morgan fingerprint density at radius 1 is 0.973 bits per heavy atom. The normalized spacial score (nSPS) is 17.1. The molecule has 1 aromatic heterocycles. The van der Waals surface area contributed by atoms with E-state index in [4.69, 9.17) is 15.6 Å². The van der Waals surface area contributed by atoms with Crippen LogP contribution < -0.4 is 15.8 Å². The predicted octanol–water partition coefficient (Wildman–Crippen LogP) is 4.07. The topological polar surface area (TPSA) is 112 Å². The maximum absolute atomic E-state index is 12.6. The Kier molecular flexibility index (Phi) is 6.28. The predicted molar refractivity (Wildman–Crippen MR) is 127 cm³/mol. The Balaban J connectivity index is 1.40. The molecule has 1 saturated heterocycles. The van der Waals surface area contributed by atoms with E-state index < -0.39 is 23.6 Å². The van der Waals surface area contributed by atoms with Gasteiger partial charge in [0.05, 0.1) is 5.54 Å². The molecule has 1 amide bonds. The largest absolute Gasteiger partial charge is 0.492 e. The highest BCUT2D eigenvalue weighted by Gasteiger charge is 2.46. The van der Waals surface area contributed by atoms with Crippen molar-refractivity contribution >= 4 is 17.7 Å². The summed E-state index contributed by atoms with van der Waals surface area (Å²) in [5, 5.41) is 8.99. The lowest BCUT2D eigenvalue weighted by Gasteiger charge is -2.44. The average Bonchev–Trinajstić information content (AvgIpc) is 3.28. The van der Waals surface area contributed by atoms with E-state index in [1.165, 1.54) is 0 Å². The number of hydroxylamine groups is 2. The molecule has 2 aliphatic heterocycles. The number of para-hydroxylation sites is 1. The minimum atomic E-state index is -5.06. The van der Waals surface area contributed by atoms with Crippen molar-refractivity contribution in [1.29, 1.82) is 0 Å². The van der Waals surface area contributed by atoms with Crippen LogP contribution in [0, 0.1) is 0 Å². The fraction of sp³-hybridized carbons (Fsp3) is 0.320. The van der Waals surface area contributed by atoms with Crippen LogP contribution in [0.4, 0.5) is 19.0 Å². The summed E-state index contributed by atoms with van der Waals surface area (Å²) in [7, 11) is 0. The summed E-state index contributed by atoms with van der Waals surface area (Å²) in [4.78, 5) is 28.2. The third-order valence-corrected chi connectivity index (χ3v) is 6.67. The first-order chi connectivity index (χ1) is 17.7. The number of hydrogen-bond acceptors (Lipinski definition) is 7. The Labute approximate surface area is 209 Å². The Morgan fingerprint density at radius 3 is 2.24 bits per heavy atom. The number of rotatable bonds is 5. The minimum Gasteiger partial charge on any atom is -0.457 e. The standard InChI is InChI=1S/C25H24F3N5O4/c26-25(27,28)23(35)37-32-14-11-24(12-15-32)10-13-30-22-19(21(29)34)20(31-33(22)24)16-6-8-18(9-7-16)36-17-4-2-1-3-5-17/h1-9,30H,10-15H2,(H2,29,34). The molecule has 1 spiro atoms. The minimum absolute atomic E-state index is 0.0912. The molecule has 0 bridgehead atoms. The summed E-state index contributed by atoms with van der Waals surface area (Å²) < 4.78 is 45.3. The molecule has 0 saturated carbocycles. The van der Waals surface area contributed by atoms with Crippen molar-refractivity contribution in [2.24, 2.45) is 5.73 Å². The number of hydrogen-bond donors (Lipinski definition) is 2. The number of anilines is 1. The number of benzene rings is 2. The van der Waals surface area contributed by atoms with Crippen molar-refractivity contribution in [2.45, 2.75) is 31.0 Å². The number of nitrogens with two attached hydrogens (primary N) is 1. The van der Waals surface area contributed by atoms with Crippen LogP contribution in [0.5, 0.6) is 11.5 Å². The third kappa shape index (κ3) is 4.84. The average molecular weight is 515 g/mol. The summed E-state index contributed by atoms with van der Waals surface area (Å²) >= 11 is 0. The smallest absolute Gasteiger partial charge is 0.457 e. The number of carbonyl (C=O) groups excluding carboxylic acids is 2. The molecule has 194 valence electrons. The first kappa shape index (κ1) is 24.6. The van der Waals surface area contributed by atoms with E-state index in [0.717, 1.165) is 5.06 Å². The molecule has 12 heteroatoms. The van der Waals surface area contributed by atoms with Crippen molar-refractivity contribution < 1.29 is 32.3 Å². The Morgan fingerprint density at radius 2 is 1.62 bits per heavy atom. The van der Waals surface area contributed by atoms with Gasteiger partial charge < -0.3 is 20.6 Å². The zero-order chi connectivity index (χ0) is 26.2. The summed E-state index contributed by atoms with van der Waals surface area (Å²) in [5.41, 5.74) is 6.48. The quantitative estimate of drug-likeness (QED) is 0.527. The van der Waals surface area contributed by atoms with Crippen LogP contribution in [0.2, 0.25) is 0 Å². The molecule has 2 aliphatic rings. The third-order valence-electron chi connectivity index (χ3n) is 6.67. The van der Waals surface area contributed by atoms with E-state index >= 15 is 0 Å². The molecule has 0 radical (unpaired) electrons. The van der Waals surface area contributed by atoms with Crippen LogP contribution in [0.15, 0.2) is 54.6 Å². The lowest BCUT2D eigenvalue weighted by Crippen LogP contribution is -2.50. The molecule has 3 heterocycles. The first-order valence-electron chi connectivity index (χ1n) is 11.7. The summed E-state index contributed by atoms with van der Waals surface area (Å²) in [6.45, 7) is 0.708. The first-order valence-corrected chi connectivity index (χ1v) is 11.7. The number of nitrogens with one attached hydrogen (secondary N) is 1. The molecule has 5 rings (SSSR count). The number of nitrogens with zero attached hydrogens (tertiary/aromatic N) is 3. The zero-order valence-corrected chi connectivity index (χ0v) is 19.6. The molecular weight excluding hydrogens is 491 g/mol. The number of ether oxygens (including phenoxy) is 1. The van der Waals surface area contributed by atoms with Crippen molar-refractivity contribution in [1.82, 2.24) is 14.8 Å². The number of amides is 1. The molecule has 0 unspecified atom stereocenters. The van der Waals surface area contributed by atoms with E-state index in [1.54, 1.807) is 28.9 Å². The highest BCUT2D eigenvalue weighted by atomic mass is 19.4. The second-order valence-corrected chi connectivity index (χ2v) is 8.99. The molecule has 37 heavy (non-hydrogen) atoms. The van der Waals surface area contributed by atoms with Crippen LogP contribution >= 0.6 is 0 Å². The lowest BCUT2D eigenvalue weighted by atomic mass is 9.84. The summed E-state index contributed by atoms with van der Waals surface area (Å²) in [6, 6.07) is 16.4. The number of alkyl halides is 3. The van der Waals surface area contributed by atoms with Gasteiger partial charge in [0.25, 0.3) is 5.91 Å². The van der Waals surface area contributed by atoms with Gasteiger partial charge in [0.2, 0.25) is 0 Å². The van der Waals surface area contributed by atoms with Gasteiger partial charge in [-0.05, 0) is 55.7 Å². The van der Waals surface area contributed by atoms with E-state index in [-0.39, 0.29) is 18.7 Å². The van der Waals surface area contributed by atoms with Gasteiger partial charge in [0.15, 0.2) is 0 Å². The van der Waals surface area contributed by atoms with Gasteiger partial charge in [0, 0.05) is 25.2 Å². The maximum atomic E-state index is 12.6. The van der Waals surface area contributed by atoms with Crippen LogP contribution in [-0.4, -0.2) is 52.5 Å². The second kappa shape index (κ2) is 9.43. The molecule has 9 nitrogen and oxygen atoms in total. The van der Waals surface area contributed by atoms with Gasteiger partial charge in [-0.15, -0.1) is 5.06 Å².